The maximum absolute atomic E-state index is 12.3. The summed E-state index contributed by atoms with van der Waals surface area (Å²) in [4.78, 5) is 28.3. The van der Waals surface area contributed by atoms with Gasteiger partial charge in [-0.1, -0.05) is 12.1 Å². The van der Waals surface area contributed by atoms with Gasteiger partial charge in [-0.3, -0.25) is 10.1 Å². The van der Waals surface area contributed by atoms with Crippen LogP contribution in [0.25, 0.3) is 22.2 Å². The Morgan fingerprint density at radius 3 is 2.84 bits per heavy atom. The molecule has 4 rings (SSSR count). The Labute approximate surface area is 182 Å². The molecule has 0 fully saturated rings. The van der Waals surface area contributed by atoms with Crippen LogP contribution in [-0.2, 0) is 4.79 Å². The van der Waals surface area contributed by atoms with E-state index >= 15 is 0 Å². The van der Waals surface area contributed by atoms with E-state index in [1.165, 1.54) is 17.4 Å². The summed E-state index contributed by atoms with van der Waals surface area (Å²) in [5.74, 6) is 0.835. The van der Waals surface area contributed by atoms with Crippen molar-refractivity contribution in [1.29, 1.82) is 0 Å². The van der Waals surface area contributed by atoms with E-state index in [1.54, 1.807) is 18.2 Å². The molecule has 2 aromatic carbocycles. The molecule has 158 valence electrons. The highest BCUT2D eigenvalue weighted by Crippen LogP contribution is 2.32. The van der Waals surface area contributed by atoms with E-state index in [1.807, 2.05) is 43.5 Å². The zero-order valence-corrected chi connectivity index (χ0v) is 17.8. The summed E-state index contributed by atoms with van der Waals surface area (Å²) in [7, 11) is 0. The van der Waals surface area contributed by atoms with Crippen LogP contribution in [0.2, 0.25) is 0 Å². The van der Waals surface area contributed by atoms with Gasteiger partial charge in [0, 0.05) is 28.5 Å². The van der Waals surface area contributed by atoms with Gasteiger partial charge in [-0.05, 0) is 43.7 Å². The lowest BCUT2D eigenvalue weighted by molar-refractivity contribution is -0.118. The molecule has 8 heteroatoms. The van der Waals surface area contributed by atoms with Gasteiger partial charge in [0.05, 0.1) is 12.3 Å². The van der Waals surface area contributed by atoms with E-state index in [0.717, 1.165) is 28.0 Å². The van der Waals surface area contributed by atoms with Gasteiger partial charge in [0.1, 0.15) is 17.1 Å². The van der Waals surface area contributed by atoms with Crippen molar-refractivity contribution in [2.45, 2.75) is 13.8 Å². The first-order chi connectivity index (χ1) is 15.0. The predicted octanol–water partition coefficient (Wildman–Crippen LogP) is 4.64. The fraction of sp³-hybridized carbons (Fsp3) is 0.174. The SMILES string of the molecule is CCOc1ccccc1-c1csc(NC(=O)COc2ccc3c(C)cc(=O)oc3c2)n1. The van der Waals surface area contributed by atoms with Gasteiger partial charge in [0.15, 0.2) is 11.7 Å². The molecular formula is C23H20N2O5S. The smallest absolute Gasteiger partial charge is 0.336 e. The number of aromatic nitrogens is 1. The lowest BCUT2D eigenvalue weighted by Crippen LogP contribution is -2.20. The molecule has 0 bridgehead atoms. The first kappa shape index (κ1) is 20.6. The molecule has 0 saturated carbocycles. The molecule has 0 aliphatic heterocycles. The molecular weight excluding hydrogens is 416 g/mol. The number of anilines is 1. The monoisotopic (exact) mass is 436 g/mol. The lowest BCUT2D eigenvalue weighted by atomic mass is 10.1. The summed E-state index contributed by atoms with van der Waals surface area (Å²) >= 11 is 1.32. The largest absolute Gasteiger partial charge is 0.493 e. The highest BCUT2D eigenvalue weighted by atomic mass is 32.1. The van der Waals surface area contributed by atoms with E-state index < -0.39 is 5.63 Å². The number of para-hydroxylation sites is 1. The number of nitrogens with zero attached hydrogens (tertiary/aromatic N) is 1. The summed E-state index contributed by atoms with van der Waals surface area (Å²) in [6.07, 6.45) is 0. The van der Waals surface area contributed by atoms with Crippen LogP contribution < -0.4 is 20.4 Å². The van der Waals surface area contributed by atoms with Gasteiger partial charge in [0.25, 0.3) is 5.91 Å². The molecule has 2 heterocycles. The van der Waals surface area contributed by atoms with Gasteiger partial charge >= 0.3 is 5.63 Å². The van der Waals surface area contributed by atoms with Crippen molar-refractivity contribution < 1.29 is 18.7 Å². The number of benzene rings is 2. The maximum atomic E-state index is 12.3. The number of fused-ring (bicyclic) bond motifs is 1. The second kappa shape index (κ2) is 9.01. The summed E-state index contributed by atoms with van der Waals surface area (Å²) in [6.45, 7) is 4.11. The Morgan fingerprint density at radius 1 is 1.16 bits per heavy atom. The Morgan fingerprint density at radius 2 is 2.00 bits per heavy atom. The molecule has 0 radical (unpaired) electrons. The highest BCUT2D eigenvalue weighted by molar-refractivity contribution is 7.14. The van der Waals surface area contributed by atoms with Gasteiger partial charge in [-0.15, -0.1) is 11.3 Å². The third-order valence-corrected chi connectivity index (χ3v) is 5.26. The number of carbonyl (C=O) groups is 1. The molecule has 0 aliphatic carbocycles. The number of aryl methyl sites for hydroxylation is 1. The number of hydrogen-bond acceptors (Lipinski definition) is 7. The Balaban J connectivity index is 1.41. The van der Waals surface area contributed by atoms with Crippen molar-refractivity contribution in [3.63, 3.8) is 0 Å². The second-order valence-electron chi connectivity index (χ2n) is 6.71. The molecule has 0 atom stereocenters. The molecule has 0 aliphatic rings. The zero-order chi connectivity index (χ0) is 21.8. The predicted molar refractivity (Wildman–Crippen MR) is 120 cm³/mol. The minimum absolute atomic E-state index is 0.202. The van der Waals surface area contributed by atoms with E-state index in [4.69, 9.17) is 13.9 Å². The summed E-state index contributed by atoms with van der Waals surface area (Å²) < 4.78 is 16.4. The minimum Gasteiger partial charge on any atom is -0.493 e. The van der Waals surface area contributed by atoms with Crippen LogP contribution >= 0.6 is 11.3 Å². The average Bonchev–Trinajstić information content (AvgIpc) is 3.20. The zero-order valence-electron chi connectivity index (χ0n) is 17.0. The lowest BCUT2D eigenvalue weighted by Gasteiger charge is -2.08. The molecule has 1 N–H and O–H groups in total. The standard InChI is InChI=1S/C23H20N2O5S/c1-3-28-19-7-5-4-6-17(19)18-13-31-23(24-18)25-21(26)12-29-15-8-9-16-14(2)10-22(27)30-20(16)11-15/h4-11,13H,3,12H2,1-2H3,(H,24,25,26). The number of amides is 1. The highest BCUT2D eigenvalue weighted by Gasteiger charge is 2.12. The van der Waals surface area contributed by atoms with Crippen molar-refractivity contribution in [3.05, 3.63) is 69.9 Å². The number of ether oxygens (including phenoxy) is 2. The molecule has 0 saturated heterocycles. The minimum atomic E-state index is -0.426. The summed E-state index contributed by atoms with van der Waals surface area (Å²) in [5, 5.41) is 5.89. The van der Waals surface area contributed by atoms with Crippen LogP contribution in [-0.4, -0.2) is 24.1 Å². The quantitative estimate of drug-likeness (QED) is 0.425. The Hall–Kier alpha value is -3.65. The summed E-state index contributed by atoms with van der Waals surface area (Å²) in [5.41, 5.74) is 2.40. The molecule has 0 unspecified atom stereocenters. The van der Waals surface area contributed by atoms with Gasteiger partial charge in [-0.25, -0.2) is 9.78 Å². The molecule has 0 spiro atoms. The van der Waals surface area contributed by atoms with Crippen LogP contribution in [0, 0.1) is 6.92 Å². The first-order valence-corrected chi connectivity index (χ1v) is 10.6. The Kier molecular flexibility index (Phi) is 5.99. The molecule has 31 heavy (non-hydrogen) atoms. The van der Waals surface area contributed by atoms with E-state index in [-0.39, 0.29) is 12.5 Å². The van der Waals surface area contributed by atoms with Crippen molar-refractivity contribution in [1.82, 2.24) is 4.98 Å². The van der Waals surface area contributed by atoms with Crippen molar-refractivity contribution in [3.8, 4) is 22.8 Å². The van der Waals surface area contributed by atoms with Crippen LogP contribution in [0.3, 0.4) is 0 Å². The van der Waals surface area contributed by atoms with Crippen LogP contribution in [0.4, 0.5) is 5.13 Å². The molecule has 4 aromatic rings. The van der Waals surface area contributed by atoms with E-state index in [2.05, 4.69) is 10.3 Å². The molecule has 1 amide bonds. The number of rotatable bonds is 7. The second-order valence-corrected chi connectivity index (χ2v) is 7.57. The van der Waals surface area contributed by atoms with Crippen LogP contribution in [0.15, 0.2) is 63.1 Å². The van der Waals surface area contributed by atoms with Gasteiger partial charge in [-0.2, -0.15) is 0 Å². The van der Waals surface area contributed by atoms with Crippen LogP contribution in [0.1, 0.15) is 12.5 Å². The Bertz CT molecular complexity index is 1290. The number of carbonyl (C=O) groups excluding carboxylic acids is 1. The van der Waals surface area contributed by atoms with Crippen molar-refractivity contribution in [2.24, 2.45) is 0 Å². The number of thiazole rings is 1. The number of hydrogen-bond donors (Lipinski definition) is 1. The first-order valence-electron chi connectivity index (χ1n) is 9.68. The summed E-state index contributed by atoms with van der Waals surface area (Å²) in [6, 6.07) is 14.2. The fourth-order valence-corrected chi connectivity index (χ4v) is 3.84. The third-order valence-electron chi connectivity index (χ3n) is 4.51. The third kappa shape index (κ3) is 4.75. The topological polar surface area (TPSA) is 90.7 Å². The molecule has 7 nitrogen and oxygen atoms in total. The van der Waals surface area contributed by atoms with Gasteiger partial charge < -0.3 is 13.9 Å². The molecule has 2 aromatic heterocycles. The van der Waals surface area contributed by atoms with Crippen LogP contribution in [0.5, 0.6) is 11.5 Å². The van der Waals surface area contributed by atoms with E-state index in [0.29, 0.717) is 23.1 Å². The van der Waals surface area contributed by atoms with Crippen molar-refractivity contribution in [2.75, 3.05) is 18.5 Å². The van der Waals surface area contributed by atoms with E-state index in [9.17, 15) is 9.59 Å². The van der Waals surface area contributed by atoms with Gasteiger partial charge in [0.2, 0.25) is 0 Å². The maximum Gasteiger partial charge on any atom is 0.336 e. The fourth-order valence-electron chi connectivity index (χ4n) is 3.11. The van der Waals surface area contributed by atoms with Crippen molar-refractivity contribution >= 4 is 33.3 Å². The number of nitrogens with one attached hydrogen (secondary N) is 1. The normalized spacial score (nSPS) is 10.8. The average molecular weight is 436 g/mol.